The van der Waals surface area contributed by atoms with Crippen molar-refractivity contribution in [2.45, 2.75) is 136 Å². The van der Waals surface area contributed by atoms with E-state index in [4.69, 9.17) is 13.6 Å². The smallest absolute Gasteiger partial charge is 0.408 e. The van der Waals surface area contributed by atoms with Gasteiger partial charge in [0, 0.05) is 22.7 Å². The second kappa shape index (κ2) is 12.0. The summed E-state index contributed by atoms with van der Waals surface area (Å²) in [4.78, 5) is 13.3. The molecule has 0 bridgehead atoms. The summed E-state index contributed by atoms with van der Waals surface area (Å²) >= 11 is 0. The molecule has 41 heavy (non-hydrogen) atoms. The van der Waals surface area contributed by atoms with Gasteiger partial charge in [-0.05, 0) is 76.9 Å². The summed E-state index contributed by atoms with van der Waals surface area (Å²) in [7, 11) is -4.47. The summed E-state index contributed by atoms with van der Waals surface area (Å²) in [6, 6.07) is 7.92. The number of amides is 1. The Morgan fingerprint density at radius 2 is 1.46 bits per heavy atom. The number of alkyl carbamates (subject to hydrolysis) is 1. The Labute approximate surface area is 252 Å². The van der Waals surface area contributed by atoms with Crippen molar-refractivity contribution in [1.29, 1.82) is 0 Å². The molecular formula is C33H58N2O4Si2. The van der Waals surface area contributed by atoms with Crippen LogP contribution in [0.3, 0.4) is 0 Å². The molecule has 1 heterocycles. The third-order valence-electron chi connectivity index (χ3n) is 8.90. The first-order valence-electron chi connectivity index (χ1n) is 14.9. The standard InChI is InChI=1S/C33H58N2O4Si2/c1-17-33(11,12)35-22-25(24-20-18-19-21-27(24)35)28(39-41(15,16)32(8,9)10)26(34-29(36)38-30(2,3)4)23-37-40(13,14)31(5,6)7/h17-22,26,28H,1,23H2,2-16H3,(H,34,36)/t26-,28-/m1/s1. The van der Waals surface area contributed by atoms with Gasteiger partial charge >= 0.3 is 6.09 Å². The zero-order chi connectivity index (χ0) is 31.8. The lowest BCUT2D eigenvalue weighted by molar-refractivity contribution is 0.0376. The van der Waals surface area contributed by atoms with E-state index in [-0.39, 0.29) is 15.6 Å². The fourth-order valence-electron chi connectivity index (χ4n) is 4.04. The largest absolute Gasteiger partial charge is 0.444 e. The van der Waals surface area contributed by atoms with Crippen LogP contribution in [0.15, 0.2) is 43.1 Å². The number of hydrogen-bond donors (Lipinski definition) is 1. The summed E-state index contributed by atoms with van der Waals surface area (Å²) < 4.78 is 22.1. The summed E-state index contributed by atoms with van der Waals surface area (Å²) in [6.45, 7) is 36.7. The molecule has 0 aliphatic rings. The van der Waals surface area contributed by atoms with E-state index in [0.717, 1.165) is 16.5 Å². The van der Waals surface area contributed by atoms with Gasteiger partial charge in [-0.15, -0.1) is 6.58 Å². The van der Waals surface area contributed by atoms with E-state index in [1.807, 2.05) is 26.8 Å². The van der Waals surface area contributed by atoms with Gasteiger partial charge in [0.2, 0.25) is 0 Å². The van der Waals surface area contributed by atoms with Gasteiger partial charge < -0.3 is 23.5 Å². The third-order valence-corrected chi connectivity index (χ3v) is 17.9. The highest BCUT2D eigenvalue weighted by molar-refractivity contribution is 6.74. The molecule has 0 unspecified atom stereocenters. The van der Waals surface area contributed by atoms with Crippen molar-refractivity contribution in [2.75, 3.05) is 6.61 Å². The molecule has 0 radical (unpaired) electrons. The molecule has 0 aliphatic heterocycles. The fourth-order valence-corrected chi connectivity index (χ4v) is 6.35. The van der Waals surface area contributed by atoms with Crippen molar-refractivity contribution < 1.29 is 18.4 Å². The van der Waals surface area contributed by atoms with Crippen molar-refractivity contribution >= 4 is 33.6 Å². The molecule has 0 spiro atoms. The SMILES string of the molecule is C=CC(C)(C)n1cc([C@@H](O[Si](C)(C)C(C)(C)C)[C@@H](CO[Si](C)(C)C(C)(C)C)NC(=O)OC(C)(C)C)c2ccccc21. The molecule has 1 aromatic heterocycles. The molecule has 8 heteroatoms. The number of ether oxygens (including phenoxy) is 1. The number of para-hydroxylation sites is 1. The van der Waals surface area contributed by atoms with Gasteiger partial charge in [0.05, 0.1) is 24.3 Å². The van der Waals surface area contributed by atoms with E-state index >= 15 is 0 Å². The Morgan fingerprint density at radius 1 is 0.927 bits per heavy atom. The maximum absolute atomic E-state index is 13.3. The van der Waals surface area contributed by atoms with Gasteiger partial charge in [-0.25, -0.2) is 4.79 Å². The number of fused-ring (bicyclic) bond motifs is 1. The van der Waals surface area contributed by atoms with Gasteiger partial charge in [0.25, 0.3) is 0 Å². The monoisotopic (exact) mass is 602 g/mol. The summed E-state index contributed by atoms with van der Waals surface area (Å²) in [5.41, 5.74) is 1.16. The van der Waals surface area contributed by atoms with Gasteiger partial charge in [-0.2, -0.15) is 0 Å². The number of nitrogens with zero attached hydrogens (tertiary/aromatic N) is 1. The van der Waals surface area contributed by atoms with Crippen LogP contribution in [0.1, 0.15) is 87.8 Å². The molecule has 2 rings (SSSR count). The fraction of sp³-hybridized carbons (Fsp3) is 0.667. The Morgan fingerprint density at radius 3 is 1.95 bits per heavy atom. The predicted octanol–water partition coefficient (Wildman–Crippen LogP) is 9.54. The molecule has 0 saturated carbocycles. The highest BCUT2D eigenvalue weighted by atomic mass is 28.4. The number of hydrogen-bond acceptors (Lipinski definition) is 4. The minimum absolute atomic E-state index is 0.0171. The normalized spacial score (nSPS) is 15.5. The average Bonchev–Trinajstić information content (AvgIpc) is 3.18. The van der Waals surface area contributed by atoms with E-state index in [1.165, 1.54) is 0 Å². The maximum atomic E-state index is 13.3. The van der Waals surface area contributed by atoms with Gasteiger partial charge in [-0.3, -0.25) is 0 Å². The molecule has 0 fully saturated rings. The van der Waals surface area contributed by atoms with Crippen LogP contribution in [-0.4, -0.2) is 45.5 Å². The first-order valence-corrected chi connectivity index (χ1v) is 20.7. The van der Waals surface area contributed by atoms with E-state index in [9.17, 15) is 4.79 Å². The van der Waals surface area contributed by atoms with E-state index < -0.39 is 40.5 Å². The minimum atomic E-state index is -2.32. The number of allylic oxidation sites excluding steroid dienone is 1. The van der Waals surface area contributed by atoms with Crippen molar-refractivity contribution in [3.63, 3.8) is 0 Å². The van der Waals surface area contributed by atoms with Crippen LogP contribution in [0.4, 0.5) is 4.79 Å². The van der Waals surface area contributed by atoms with Gasteiger partial charge in [0.15, 0.2) is 16.6 Å². The molecule has 6 nitrogen and oxygen atoms in total. The number of rotatable bonds is 10. The zero-order valence-electron chi connectivity index (χ0n) is 28.6. The van der Waals surface area contributed by atoms with Crippen LogP contribution < -0.4 is 5.32 Å². The van der Waals surface area contributed by atoms with E-state index in [1.54, 1.807) is 0 Å². The van der Waals surface area contributed by atoms with Crippen LogP contribution in [0.2, 0.25) is 36.3 Å². The van der Waals surface area contributed by atoms with Crippen LogP contribution in [0, 0.1) is 0 Å². The van der Waals surface area contributed by atoms with Crippen LogP contribution in [-0.2, 0) is 19.1 Å². The summed E-state index contributed by atoms with van der Waals surface area (Å²) in [5.74, 6) is 0. The maximum Gasteiger partial charge on any atom is 0.408 e. The van der Waals surface area contributed by atoms with Crippen LogP contribution >= 0.6 is 0 Å². The molecule has 0 aliphatic carbocycles. The number of aromatic nitrogens is 1. The van der Waals surface area contributed by atoms with Crippen LogP contribution in [0.5, 0.6) is 0 Å². The van der Waals surface area contributed by atoms with E-state index in [2.05, 4.69) is 129 Å². The molecule has 0 saturated heterocycles. The molecule has 1 amide bonds. The molecule has 2 aromatic rings. The third kappa shape index (κ3) is 8.59. The molecule has 2 atom stereocenters. The average molecular weight is 603 g/mol. The lowest BCUT2D eigenvalue weighted by atomic mass is 10.0. The number of benzene rings is 1. The zero-order valence-corrected chi connectivity index (χ0v) is 30.6. The van der Waals surface area contributed by atoms with Gasteiger partial charge in [0.1, 0.15) is 5.60 Å². The van der Waals surface area contributed by atoms with Crippen molar-refractivity contribution in [3.05, 3.63) is 48.7 Å². The topological polar surface area (TPSA) is 61.7 Å². The number of nitrogens with one attached hydrogen (secondary N) is 1. The Kier molecular flexibility index (Phi) is 10.4. The lowest BCUT2D eigenvalue weighted by Gasteiger charge is -2.43. The lowest BCUT2D eigenvalue weighted by Crippen LogP contribution is -2.52. The van der Waals surface area contributed by atoms with Crippen molar-refractivity contribution in [1.82, 2.24) is 9.88 Å². The first-order chi connectivity index (χ1) is 18.3. The predicted molar refractivity (Wildman–Crippen MR) is 179 cm³/mol. The Hall–Kier alpha value is -1.88. The van der Waals surface area contributed by atoms with Crippen molar-refractivity contribution in [3.8, 4) is 0 Å². The Balaban J connectivity index is 2.81. The quantitative estimate of drug-likeness (QED) is 0.217. The minimum Gasteiger partial charge on any atom is -0.444 e. The second-order valence-electron chi connectivity index (χ2n) is 16.0. The highest BCUT2D eigenvalue weighted by Gasteiger charge is 2.44. The molecule has 1 aromatic carbocycles. The van der Waals surface area contributed by atoms with E-state index in [0.29, 0.717) is 6.61 Å². The number of carbonyl (C=O) groups is 1. The van der Waals surface area contributed by atoms with Crippen molar-refractivity contribution in [2.24, 2.45) is 0 Å². The Bertz CT molecular complexity index is 1210. The highest BCUT2D eigenvalue weighted by Crippen LogP contribution is 2.44. The summed E-state index contributed by atoms with van der Waals surface area (Å²) in [6.07, 6.45) is 3.21. The molecular weight excluding hydrogens is 545 g/mol. The van der Waals surface area contributed by atoms with Gasteiger partial charge in [-0.1, -0.05) is 65.8 Å². The second-order valence-corrected chi connectivity index (χ2v) is 25.5. The molecule has 232 valence electrons. The first kappa shape index (κ1) is 35.3. The molecule has 1 N–H and O–H groups in total. The summed E-state index contributed by atoms with van der Waals surface area (Å²) in [5, 5.41) is 4.27. The van der Waals surface area contributed by atoms with Crippen LogP contribution in [0.25, 0.3) is 10.9 Å². The number of carbonyl (C=O) groups excluding carboxylic acids is 1.